The second-order valence-corrected chi connectivity index (χ2v) is 11.2. The van der Waals surface area contributed by atoms with E-state index in [0.29, 0.717) is 37.4 Å². The molecule has 2 aromatic carbocycles. The van der Waals surface area contributed by atoms with Gasteiger partial charge in [0.2, 0.25) is 15.9 Å². The lowest BCUT2D eigenvalue weighted by atomic mass is 10.1. The van der Waals surface area contributed by atoms with Gasteiger partial charge in [0.25, 0.3) is 0 Å². The molecule has 1 amide bonds. The lowest BCUT2D eigenvalue weighted by molar-refractivity contribution is -0.130. The Labute approximate surface area is 198 Å². The molecule has 0 radical (unpaired) electrons. The number of nitrogens with zero attached hydrogens (tertiary/aromatic N) is 3. The number of rotatable bonds is 8. The molecular formula is C26H35N3O3S. The van der Waals surface area contributed by atoms with Crippen molar-refractivity contribution in [2.24, 2.45) is 0 Å². The van der Waals surface area contributed by atoms with Gasteiger partial charge in [-0.3, -0.25) is 4.79 Å². The summed E-state index contributed by atoms with van der Waals surface area (Å²) < 4.78 is 26.9. The number of carbonyl (C=O) groups is 1. The van der Waals surface area contributed by atoms with Crippen molar-refractivity contribution in [1.82, 2.24) is 9.21 Å². The van der Waals surface area contributed by atoms with Crippen LogP contribution in [0.2, 0.25) is 0 Å². The summed E-state index contributed by atoms with van der Waals surface area (Å²) in [7, 11) is -1.55. The molecule has 2 heterocycles. The largest absolute Gasteiger partial charge is 0.372 e. The van der Waals surface area contributed by atoms with E-state index in [0.717, 1.165) is 37.1 Å². The van der Waals surface area contributed by atoms with Crippen molar-refractivity contribution in [3.63, 3.8) is 0 Å². The van der Waals surface area contributed by atoms with Crippen LogP contribution >= 0.6 is 0 Å². The molecule has 0 aromatic heterocycles. The fourth-order valence-corrected chi connectivity index (χ4v) is 6.19. The van der Waals surface area contributed by atoms with Crippen molar-refractivity contribution in [2.75, 3.05) is 38.1 Å². The lowest BCUT2D eigenvalue weighted by Crippen LogP contribution is -2.29. The minimum absolute atomic E-state index is 0.0869. The third-order valence-electron chi connectivity index (χ3n) is 6.76. The molecule has 6 nitrogen and oxygen atoms in total. The molecular weight excluding hydrogens is 434 g/mol. The number of piperidine rings is 1. The van der Waals surface area contributed by atoms with Crippen LogP contribution in [0, 0.1) is 0 Å². The summed E-state index contributed by atoms with van der Waals surface area (Å²) in [6.07, 6.45) is 6.70. The molecule has 2 aromatic rings. The molecule has 2 aliphatic rings. The van der Waals surface area contributed by atoms with E-state index in [9.17, 15) is 13.2 Å². The Morgan fingerprint density at radius 3 is 2.03 bits per heavy atom. The van der Waals surface area contributed by atoms with E-state index in [1.807, 2.05) is 19.2 Å². The van der Waals surface area contributed by atoms with Crippen LogP contribution in [-0.2, 0) is 27.8 Å². The summed E-state index contributed by atoms with van der Waals surface area (Å²) in [5.74, 6) is 0.0869. The predicted molar refractivity (Wildman–Crippen MR) is 132 cm³/mol. The lowest BCUT2D eigenvalue weighted by Gasteiger charge is -2.29. The van der Waals surface area contributed by atoms with E-state index in [2.05, 4.69) is 29.2 Å². The molecule has 0 N–H and O–H groups in total. The van der Waals surface area contributed by atoms with Crippen molar-refractivity contribution < 1.29 is 13.2 Å². The topological polar surface area (TPSA) is 60.9 Å². The SMILES string of the molecule is CN(Cc1ccc(N2CCCCC2)cc1)C(=O)CCc1ccc(S(=O)(=O)N2CCCC2)cc1. The molecule has 0 spiro atoms. The fraction of sp³-hybridized carbons (Fsp3) is 0.500. The fourth-order valence-electron chi connectivity index (χ4n) is 4.67. The molecule has 0 atom stereocenters. The Morgan fingerprint density at radius 2 is 1.39 bits per heavy atom. The minimum atomic E-state index is -3.39. The summed E-state index contributed by atoms with van der Waals surface area (Å²) in [4.78, 5) is 17.2. The highest BCUT2D eigenvalue weighted by molar-refractivity contribution is 7.89. The first-order chi connectivity index (χ1) is 15.9. The van der Waals surface area contributed by atoms with E-state index in [1.165, 1.54) is 24.9 Å². The third kappa shape index (κ3) is 5.95. The molecule has 178 valence electrons. The van der Waals surface area contributed by atoms with Gasteiger partial charge in [-0.1, -0.05) is 24.3 Å². The zero-order chi connectivity index (χ0) is 23.3. The Balaban J connectivity index is 1.27. The third-order valence-corrected chi connectivity index (χ3v) is 8.67. The normalized spacial score (nSPS) is 17.3. The molecule has 2 aliphatic heterocycles. The summed E-state index contributed by atoms with van der Waals surface area (Å²) in [6.45, 7) is 4.05. The summed E-state index contributed by atoms with van der Waals surface area (Å²) in [5.41, 5.74) is 3.37. The highest BCUT2D eigenvalue weighted by Crippen LogP contribution is 2.22. The van der Waals surface area contributed by atoms with Crippen molar-refractivity contribution in [1.29, 1.82) is 0 Å². The van der Waals surface area contributed by atoms with Gasteiger partial charge in [-0.05, 0) is 73.9 Å². The maximum absolute atomic E-state index is 12.7. The zero-order valence-electron chi connectivity index (χ0n) is 19.6. The zero-order valence-corrected chi connectivity index (χ0v) is 20.4. The number of anilines is 1. The van der Waals surface area contributed by atoms with Gasteiger partial charge < -0.3 is 9.80 Å². The molecule has 4 rings (SSSR count). The number of carbonyl (C=O) groups excluding carboxylic acids is 1. The summed E-state index contributed by atoms with van der Waals surface area (Å²) in [5, 5.41) is 0. The minimum Gasteiger partial charge on any atom is -0.372 e. The van der Waals surface area contributed by atoms with Crippen LogP contribution in [0.3, 0.4) is 0 Å². The Bertz CT molecular complexity index is 1020. The van der Waals surface area contributed by atoms with Gasteiger partial charge in [-0.25, -0.2) is 8.42 Å². The Kier molecular flexibility index (Phi) is 7.71. The molecule has 2 fully saturated rings. The average Bonchev–Trinajstić information content (AvgIpc) is 3.40. The highest BCUT2D eigenvalue weighted by atomic mass is 32.2. The molecule has 2 saturated heterocycles. The molecule has 33 heavy (non-hydrogen) atoms. The molecule has 0 saturated carbocycles. The van der Waals surface area contributed by atoms with Crippen LogP contribution in [0.4, 0.5) is 5.69 Å². The van der Waals surface area contributed by atoms with E-state index in [-0.39, 0.29) is 5.91 Å². The van der Waals surface area contributed by atoms with Crippen molar-refractivity contribution >= 4 is 21.6 Å². The van der Waals surface area contributed by atoms with Crippen LogP contribution < -0.4 is 4.90 Å². The number of hydrogen-bond acceptors (Lipinski definition) is 4. The average molecular weight is 470 g/mol. The summed E-state index contributed by atoms with van der Waals surface area (Å²) >= 11 is 0. The van der Waals surface area contributed by atoms with Gasteiger partial charge in [0.05, 0.1) is 4.90 Å². The van der Waals surface area contributed by atoms with Crippen LogP contribution in [0.15, 0.2) is 53.4 Å². The number of sulfonamides is 1. The van der Waals surface area contributed by atoms with Crippen molar-refractivity contribution in [3.05, 3.63) is 59.7 Å². The number of benzene rings is 2. The molecule has 0 bridgehead atoms. The molecule has 0 aliphatic carbocycles. The van der Waals surface area contributed by atoms with Crippen molar-refractivity contribution in [2.45, 2.75) is 56.4 Å². The van der Waals surface area contributed by atoms with Gasteiger partial charge in [-0.15, -0.1) is 0 Å². The van der Waals surface area contributed by atoms with Gasteiger partial charge >= 0.3 is 0 Å². The van der Waals surface area contributed by atoms with Crippen LogP contribution in [0.25, 0.3) is 0 Å². The first-order valence-electron chi connectivity index (χ1n) is 12.1. The number of hydrogen-bond donors (Lipinski definition) is 0. The Morgan fingerprint density at radius 1 is 0.818 bits per heavy atom. The quantitative estimate of drug-likeness (QED) is 0.585. The monoisotopic (exact) mass is 469 g/mol. The van der Waals surface area contributed by atoms with E-state index in [4.69, 9.17) is 0 Å². The van der Waals surface area contributed by atoms with E-state index >= 15 is 0 Å². The van der Waals surface area contributed by atoms with E-state index < -0.39 is 10.0 Å². The number of aryl methyl sites for hydroxylation is 1. The maximum atomic E-state index is 12.7. The standard InChI is InChI=1S/C26H35N3O3S/c1-27(21-23-7-12-24(13-8-23)28-17-3-2-4-18-28)26(30)16-11-22-9-14-25(15-10-22)33(31,32)29-19-5-6-20-29/h7-10,12-15H,2-6,11,16-21H2,1H3. The Hall–Kier alpha value is -2.38. The van der Waals surface area contributed by atoms with Gasteiger partial charge in [0.1, 0.15) is 0 Å². The summed E-state index contributed by atoms with van der Waals surface area (Å²) in [6, 6.07) is 15.6. The molecule has 7 heteroatoms. The predicted octanol–water partition coefficient (Wildman–Crippen LogP) is 4.05. The van der Waals surface area contributed by atoms with Gasteiger partial charge in [-0.2, -0.15) is 4.31 Å². The smallest absolute Gasteiger partial charge is 0.243 e. The van der Waals surface area contributed by atoms with Crippen LogP contribution in [-0.4, -0.2) is 56.8 Å². The van der Waals surface area contributed by atoms with Gasteiger partial charge in [0, 0.05) is 51.9 Å². The van der Waals surface area contributed by atoms with Crippen LogP contribution in [0.1, 0.15) is 49.7 Å². The first-order valence-corrected chi connectivity index (χ1v) is 13.5. The second kappa shape index (κ2) is 10.7. The van der Waals surface area contributed by atoms with E-state index in [1.54, 1.807) is 21.3 Å². The van der Waals surface area contributed by atoms with Crippen LogP contribution in [0.5, 0.6) is 0 Å². The second-order valence-electron chi connectivity index (χ2n) is 9.22. The molecule has 0 unspecified atom stereocenters. The maximum Gasteiger partial charge on any atom is 0.243 e. The highest BCUT2D eigenvalue weighted by Gasteiger charge is 2.26. The first kappa shape index (κ1) is 23.8. The van der Waals surface area contributed by atoms with Crippen molar-refractivity contribution in [3.8, 4) is 0 Å². The van der Waals surface area contributed by atoms with Gasteiger partial charge in [0.15, 0.2) is 0 Å². The number of amides is 1.